The Balaban J connectivity index is 1.95. The summed E-state index contributed by atoms with van der Waals surface area (Å²) >= 11 is 4.90. The van der Waals surface area contributed by atoms with Crippen molar-refractivity contribution in [2.24, 2.45) is 10.1 Å². The molecule has 0 fully saturated rings. The third-order valence-electron chi connectivity index (χ3n) is 4.18. The summed E-state index contributed by atoms with van der Waals surface area (Å²) in [5.74, 6) is 0.558. The molecule has 1 N–H and O–H groups in total. The van der Waals surface area contributed by atoms with E-state index in [1.807, 2.05) is 48.7 Å². The van der Waals surface area contributed by atoms with Crippen LogP contribution < -0.4 is 20.6 Å². The second-order valence-corrected chi connectivity index (χ2v) is 7.32. The first kappa shape index (κ1) is 17.1. The Labute approximate surface area is 162 Å². The predicted octanol–water partition coefficient (Wildman–Crippen LogP) is 1.96. The molecule has 132 valence electrons. The van der Waals surface area contributed by atoms with Crippen LogP contribution in [0.5, 0.6) is 5.75 Å². The van der Waals surface area contributed by atoms with Crippen molar-refractivity contribution in [2.75, 3.05) is 13.4 Å². The number of thioether (sulfide) groups is 1. The monoisotopic (exact) mass is 430 g/mol. The van der Waals surface area contributed by atoms with Crippen LogP contribution in [-0.2, 0) is 4.79 Å². The summed E-state index contributed by atoms with van der Waals surface area (Å²) in [4.78, 5) is 17.6. The van der Waals surface area contributed by atoms with Crippen LogP contribution in [0.1, 0.15) is 11.7 Å². The smallest absolute Gasteiger partial charge is 0.276 e. The second kappa shape index (κ2) is 6.77. The number of benzene rings is 2. The molecular formula is C18H15BrN4O2S. The van der Waals surface area contributed by atoms with Gasteiger partial charge in [-0.15, -0.1) is 5.10 Å². The van der Waals surface area contributed by atoms with Crippen LogP contribution in [-0.4, -0.2) is 29.4 Å². The molecular weight excluding hydrogens is 416 g/mol. The van der Waals surface area contributed by atoms with Crippen molar-refractivity contribution < 1.29 is 9.53 Å². The molecule has 0 aromatic heterocycles. The molecule has 0 spiro atoms. The van der Waals surface area contributed by atoms with Crippen LogP contribution in [0, 0.1) is 0 Å². The third-order valence-corrected chi connectivity index (χ3v) is 5.37. The van der Waals surface area contributed by atoms with Gasteiger partial charge in [0.1, 0.15) is 11.4 Å². The van der Waals surface area contributed by atoms with E-state index in [0.29, 0.717) is 10.9 Å². The number of hydrogen-bond acceptors (Lipinski definition) is 6. The summed E-state index contributed by atoms with van der Waals surface area (Å²) in [7, 11) is 1.62. The number of para-hydroxylation sites is 1. The lowest BCUT2D eigenvalue weighted by Gasteiger charge is -2.34. The maximum atomic E-state index is 12.7. The molecule has 0 saturated carbocycles. The molecule has 2 aliphatic rings. The van der Waals surface area contributed by atoms with Gasteiger partial charge in [-0.05, 0) is 45.9 Å². The van der Waals surface area contributed by atoms with Crippen LogP contribution in [0.2, 0.25) is 0 Å². The van der Waals surface area contributed by atoms with Crippen LogP contribution in [0.4, 0.5) is 0 Å². The molecule has 1 atom stereocenters. The fourth-order valence-electron chi connectivity index (χ4n) is 2.98. The average Bonchev–Trinajstić information content (AvgIpc) is 2.66. The van der Waals surface area contributed by atoms with E-state index in [1.165, 1.54) is 11.8 Å². The number of carbonyl (C=O) groups excluding carboxylic acids is 1. The minimum absolute atomic E-state index is 0.177. The zero-order valence-electron chi connectivity index (χ0n) is 14.1. The first-order chi connectivity index (χ1) is 12.6. The highest BCUT2D eigenvalue weighted by Gasteiger charge is 2.34. The molecule has 0 bridgehead atoms. The molecule has 2 aromatic carbocycles. The lowest BCUT2D eigenvalue weighted by molar-refractivity contribution is -0.116. The van der Waals surface area contributed by atoms with Gasteiger partial charge in [-0.2, -0.15) is 0 Å². The minimum atomic E-state index is -0.435. The lowest BCUT2D eigenvalue weighted by Crippen LogP contribution is -2.50. The fraction of sp³-hybridized carbons (Fsp3) is 0.167. The molecule has 0 unspecified atom stereocenters. The van der Waals surface area contributed by atoms with Gasteiger partial charge in [0, 0.05) is 5.22 Å². The van der Waals surface area contributed by atoms with Crippen LogP contribution in [0.3, 0.4) is 0 Å². The zero-order valence-corrected chi connectivity index (χ0v) is 16.5. The molecule has 4 rings (SSSR count). The number of hydrazone groups is 1. The molecule has 0 radical (unpaired) electrons. The van der Waals surface area contributed by atoms with Gasteiger partial charge in [-0.3, -0.25) is 15.1 Å². The van der Waals surface area contributed by atoms with Gasteiger partial charge in [0.05, 0.1) is 16.9 Å². The van der Waals surface area contributed by atoms with Crippen LogP contribution in [0.25, 0.3) is 5.70 Å². The minimum Gasteiger partial charge on any atom is -0.496 e. The Morgan fingerprint density at radius 1 is 1.27 bits per heavy atom. The second-order valence-electron chi connectivity index (χ2n) is 5.67. The Morgan fingerprint density at radius 2 is 2.08 bits per heavy atom. The summed E-state index contributed by atoms with van der Waals surface area (Å²) in [5, 5.41) is 11.2. The summed E-state index contributed by atoms with van der Waals surface area (Å²) < 4.78 is 6.13. The largest absolute Gasteiger partial charge is 0.496 e. The topological polar surface area (TPSA) is 66.3 Å². The van der Waals surface area contributed by atoms with Gasteiger partial charge in [0.15, 0.2) is 11.3 Å². The van der Waals surface area contributed by atoms with Gasteiger partial charge in [-0.1, -0.05) is 36.0 Å². The number of halogens is 1. The van der Waals surface area contributed by atoms with E-state index >= 15 is 0 Å². The summed E-state index contributed by atoms with van der Waals surface area (Å²) in [5.41, 5.74) is 1.41. The van der Waals surface area contributed by atoms with Gasteiger partial charge < -0.3 is 4.74 Å². The molecule has 2 aromatic rings. The van der Waals surface area contributed by atoms with Gasteiger partial charge in [0.2, 0.25) is 0 Å². The van der Waals surface area contributed by atoms with E-state index < -0.39 is 6.17 Å². The van der Waals surface area contributed by atoms with Gasteiger partial charge >= 0.3 is 0 Å². The number of ether oxygens (including phenoxy) is 1. The van der Waals surface area contributed by atoms with Crippen molar-refractivity contribution in [1.82, 2.24) is 10.3 Å². The van der Waals surface area contributed by atoms with E-state index in [4.69, 9.17) is 9.73 Å². The summed E-state index contributed by atoms with van der Waals surface area (Å²) in [6.07, 6.45) is 1.44. The lowest BCUT2D eigenvalue weighted by atomic mass is 10.1. The summed E-state index contributed by atoms with van der Waals surface area (Å²) in [6.45, 7) is 0. The number of rotatable bonds is 2. The van der Waals surface area contributed by atoms with Crippen molar-refractivity contribution in [3.8, 4) is 5.75 Å². The van der Waals surface area contributed by atoms with Crippen molar-refractivity contribution in [3.63, 3.8) is 0 Å². The Hall–Kier alpha value is -2.32. The first-order valence-corrected chi connectivity index (χ1v) is 9.88. The van der Waals surface area contributed by atoms with Crippen LogP contribution in [0.15, 0.2) is 57.0 Å². The molecule has 0 aliphatic carbocycles. The van der Waals surface area contributed by atoms with E-state index in [2.05, 4.69) is 26.3 Å². The number of hydrogen-bond donors (Lipinski definition) is 1. The quantitative estimate of drug-likeness (QED) is 0.790. The zero-order chi connectivity index (χ0) is 18.3. The van der Waals surface area contributed by atoms with Crippen molar-refractivity contribution in [1.29, 1.82) is 0 Å². The molecule has 0 saturated heterocycles. The summed E-state index contributed by atoms with van der Waals surface area (Å²) in [6, 6.07) is 13.4. The predicted molar refractivity (Wildman–Crippen MR) is 105 cm³/mol. The molecule has 26 heavy (non-hydrogen) atoms. The molecule has 1 amide bonds. The number of nitrogens with one attached hydrogen (secondary N) is 1. The highest BCUT2D eigenvalue weighted by molar-refractivity contribution is 9.10. The standard InChI is InChI=1S/C18H15BrN4O2S/c1-25-14-8-7-10(9-12(14)19)16-20-13-6-4-3-5-11(13)15-17(24)21-18(26-2)22-23(15)16/h3-9,16H,1-2H3,(H,21,22,24)/t16-/m1/s1. The van der Waals surface area contributed by atoms with Crippen molar-refractivity contribution in [3.05, 3.63) is 63.1 Å². The van der Waals surface area contributed by atoms with Crippen molar-refractivity contribution >= 4 is 44.5 Å². The van der Waals surface area contributed by atoms with E-state index in [0.717, 1.165) is 26.4 Å². The number of carbonyl (C=O) groups is 1. The Morgan fingerprint density at radius 3 is 2.81 bits per heavy atom. The normalized spacial score (nSPS) is 18.3. The molecule has 2 aliphatic heterocycles. The van der Waals surface area contributed by atoms with Gasteiger partial charge in [-0.25, -0.2) is 5.01 Å². The SMILES string of the molecule is COc1ccc([C@@H]2N=c3ccccc3=C3C(=O)NC(SC)=NN32)cc1Br. The van der Waals surface area contributed by atoms with E-state index in [1.54, 1.807) is 12.1 Å². The highest BCUT2D eigenvalue weighted by atomic mass is 79.9. The van der Waals surface area contributed by atoms with Gasteiger partial charge in [0.25, 0.3) is 5.91 Å². The van der Waals surface area contributed by atoms with Crippen LogP contribution >= 0.6 is 27.7 Å². The fourth-order valence-corrected chi connectivity index (χ4v) is 3.90. The number of methoxy groups -OCH3 is 1. The molecule has 8 heteroatoms. The maximum Gasteiger partial charge on any atom is 0.276 e. The molecule has 2 heterocycles. The number of nitrogens with zero attached hydrogens (tertiary/aromatic N) is 3. The number of amidine groups is 1. The Bertz CT molecular complexity index is 1050. The third kappa shape index (κ3) is 2.79. The van der Waals surface area contributed by atoms with Crippen molar-refractivity contribution in [2.45, 2.75) is 6.17 Å². The number of fused-ring (bicyclic) bond motifs is 2. The first-order valence-electron chi connectivity index (χ1n) is 7.86. The van der Waals surface area contributed by atoms with E-state index in [9.17, 15) is 4.79 Å². The maximum absolute atomic E-state index is 12.7. The Kier molecular flexibility index (Phi) is 4.46. The highest BCUT2D eigenvalue weighted by Crippen LogP contribution is 2.34. The molecule has 6 nitrogen and oxygen atoms in total. The average molecular weight is 431 g/mol. The van der Waals surface area contributed by atoms with E-state index in [-0.39, 0.29) is 5.91 Å². The number of amides is 1.